The number of H-pyrrole nitrogens is 1. The second kappa shape index (κ2) is 6.00. The molecule has 2 N–H and O–H groups in total. The first kappa shape index (κ1) is 12.4. The largest absolute Gasteiger partial charge is 0.347 e. The minimum absolute atomic E-state index is 0.0746. The van der Waals surface area contributed by atoms with E-state index in [1.54, 1.807) is 12.4 Å². The maximum absolute atomic E-state index is 11.9. The third-order valence-electron chi connectivity index (χ3n) is 2.73. The summed E-state index contributed by atoms with van der Waals surface area (Å²) in [6, 6.07) is 7.74. The Morgan fingerprint density at radius 1 is 1.33 bits per heavy atom. The van der Waals surface area contributed by atoms with Gasteiger partial charge in [0.05, 0.1) is 6.54 Å². The highest BCUT2D eigenvalue weighted by atomic mass is 16.1. The Kier molecular flexibility index (Phi) is 4.12. The van der Waals surface area contributed by atoms with Crippen LogP contribution in [-0.4, -0.2) is 15.9 Å². The molecule has 18 heavy (non-hydrogen) atoms. The van der Waals surface area contributed by atoms with Crippen LogP contribution in [0.4, 0.5) is 0 Å². The third kappa shape index (κ3) is 3.20. The van der Waals surface area contributed by atoms with Gasteiger partial charge in [0.1, 0.15) is 5.82 Å². The smallest absolute Gasteiger partial charge is 0.251 e. The summed E-state index contributed by atoms with van der Waals surface area (Å²) in [5, 5.41) is 2.82. The van der Waals surface area contributed by atoms with Gasteiger partial charge in [-0.3, -0.25) is 4.79 Å². The number of nitrogens with zero attached hydrogens (tertiary/aromatic N) is 1. The van der Waals surface area contributed by atoms with Crippen LogP contribution in [0.3, 0.4) is 0 Å². The first-order valence-corrected chi connectivity index (χ1v) is 6.15. The summed E-state index contributed by atoms with van der Waals surface area (Å²) in [6.07, 6.45) is 5.57. The predicted molar refractivity (Wildman–Crippen MR) is 70.2 cm³/mol. The van der Waals surface area contributed by atoms with Crippen LogP contribution in [0.15, 0.2) is 36.7 Å². The fraction of sp³-hybridized carbons (Fsp3) is 0.286. The van der Waals surface area contributed by atoms with Crippen molar-refractivity contribution in [3.8, 4) is 0 Å². The van der Waals surface area contributed by atoms with Crippen molar-refractivity contribution in [1.82, 2.24) is 15.3 Å². The number of benzene rings is 1. The molecule has 0 aliphatic carbocycles. The number of amides is 1. The molecular weight excluding hydrogens is 226 g/mol. The Morgan fingerprint density at radius 3 is 2.72 bits per heavy atom. The van der Waals surface area contributed by atoms with Crippen molar-refractivity contribution in [3.63, 3.8) is 0 Å². The molecule has 1 amide bonds. The van der Waals surface area contributed by atoms with E-state index < -0.39 is 0 Å². The lowest BCUT2D eigenvalue weighted by Gasteiger charge is -2.04. The molecule has 1 heterocycles. The summed E-state index contributed by atoms with van der Waals surface area (Å²) in [7, 11) is 0. The minimum Gasteiger partial charge on any atom is -0.347 e. The Labute approximate surface area is 106 Å². The fourth-order valence-corrected chi connectivity index (χ4v) is 1.77. The Hall–Kier alpha value is -2.10. The summed E-state index contributed by atoms with van der Waals surface area (Å²) >= 11 is 0. The first-order chi connectivity index (χ1) is 8.79. The monoisotopic (exact) mass is 243 g/mol. The molecule has 0 aliphatic heterocycles. The fourth-order valence-electron chi connectivity index (χ4n) is 1.77. The van der Waals surface area contributed by atoms with Gasteiger partial charge in [0.15, 0.2) is 0 Å². The van der Waals surface area contributed by atoms with Crippen LogP contribution in [0.5, 0.6) is 0 Å². The van der Waals surface area contributed by atoms with E-state index in [9.17, 15) is 4.79 Å². The Bertz CT molecular complexity index is 488. The van der Waals surface area contributed by atoms with Gasteiger partial charge in [-0.2, -0.15) is 0 Å². The molecular formula is C14H17N3O. The average molecular weight is 243 g/mol. The highest BCUT2D eigenvalue weighted by molar-refractivity contribution is 5.94. The zero-order valence-corrected chi connectivity index (χ0v) is 10.4. The summed E-state index contributed by atoms with van der Waals surface area (Å²) in [4.78, 5) is 18.9. The van der Waals surface area contributed by atoms with E-state index in [2.05, 4.69) is 22.2 Å². The predicted octanol–water partition coefficient (Wildman–Crippen LogP) is 2.29. The molecule has 0 radical (unpaired) electrons. The van der Waals surface area contributed by atoms with E-state index in [0.717, 1.165) is 18.7 Å². The number of nitrogens with one attached hydrogen (secondary N) is 2. The van der Waals surface area contributed by atoms with E-state index in [4.69, 9.17) is 0 Å². The highest BCUT2D eigenvalue weighted by Gasteiger charge is 2.05. The van der Waals surface area contributed by atoms with Crippen LogP contribution < -0.4 is 5.32 Å². The summed E-state index contributed by atoms with van der Waals surface area (Å²) in [6.45, 7) is 2.56. The van der Waals surface area contributed by atoms with Gasteiger partial charge < -0.3 is 10.3 Å². The van der Waals surface area contributed by atoms with Crippen LogP contribution in [0.2, 0.25) is 0 Å². The van der Waals surface area contributed by atoms with Crippen molar-refractivity contribution in [3.05, 3.63) is 53.6 Å². The molecule has 2 aromatic rings. The topological polar surface area (TPSA) is 57.8 Å². The molecule has 0 aliphatic rings. The van der Waals surface area contributed by atoms with E-state index in [1.165, 1.54) is 5.56 Å². The van der Waals surface area contributed by atoms with Crippen molar-refractivity contribution in [2.45, 2.75) is 26.3 Å². The summed E-state index contributed by atoms with van der Waals surface area (Å²) < 4.78 is 0. The number of aromatic nitrogens is 2. The van der Waals surface area contributed by atoms with E-state index in [1.807, 2.05) is 24.3 Å². The lowest BCUT2D eigenvalue weighted by atomic mass is 10.1. The molecule has 1 aromatic heterocycles. The normalized spacial score (nSPS) is 10.3. The number of aromatic amines is 1. The van der Waals surface area contributed by atoms with E-state index in [-0.39, 0.29) is 5.91 Å². The van der Waals surface area contributed by atoms with Crippen molar-refractivity contribution in [1.29, 1.82) is 0 Å². The number of rotatable bonds is 5. The van der Waals surface area contributed by atoms with Gasteiger partial charge in [-0.1, -0.05) is 25.5 Å². The molecule has 0 fully saturated rings. The van der Waals surface area contributed by atoms with Crippen LogP contribution in [0, 0.1) is 0 Å². The maximum atomic E-state index is 11.9. The number of hydrogen-bond donors (Lipinski definition) is 2. The molecule has 1 aromatic carbocycles. The van der Waals surface area contributed by atoms with Crippen molar-refractivity contribution in [2.75, 3.05) is 0 Å². The van der Waals surface area contributed by atoms with E-state index in [0.29, 0.717) is 12.1 Å². The van der Waals surface area contributed by atoms with Crippen LogP contribution in [0.25, 0.3) is 0 Å². The van der Waals surface area contributed by atoms with Gasteiger partial charge in [-0.05, 0) is 24.1 Å². The first-order valence-electron chi connectivity index (χ1n) is 6.15. The number of carbonyl (C=O) groups excluding carboxylic acids is 1. The van der Waals surface area contributed by atoms with Crippen molar-refractivity contribution < 1.29 is 4.79 Å². The Morgan fingerprint density at radius 2 is 2.11 bits per heavy atom. The molecule has 0 saturated heterocycles. The molecule has 0 spiro atoms. The van der Waals surface area contributed by atoms with Crippen LogP contribution in [0.1, 0.15) is 35.1 Å². The second-order valence-corrected chi connectivity index (χ2v) is 4.17. The quantitative estimate of drug-likeness (QED) is 0.846. The summed E-state index contributed by atoms with van der Waals surface area (Å²) in [5.41, 5.74) is 1.95. The SMILES string of the molecule is CCCc1ccc(C(=O)NCc2ncc[nH]2)cc1. The Balaban J connectivity index is 1.92. The molecule has 4 nitrogen and oxygen atoms in total. The standard InChI is InChI=1S/C14H17N3O/c1-2-3-11-4-6-12(7-5-11)14(18)17-10-13-15-8-9-16-13/h4-9H,2-3,10H2,1H3,(H,15,16)(H,17,18). The molecule has 0 atom stereocenters. The van der Waals surface area contributed by atoms with E-state index >= 15 is 0 Å². The van der Waals surface area contributed by atoms with Gasteiger partial charge in [0.25, 0.3) is 5.91 Å². The van der Waals surface area contributed by atoms with Crippen LogP contribution in [-0.2, 0) is 13.0 Å². The lowest BCUT2D eigenvalue weighted by molar-refractivity contribution is 0.0950. The molecule has 0 saturated carbocycles. The number of imidazole rings is 1. The van der Waals surface area contributed by atoms with Gasteiger partial charge in [0.2, 0.25) is 0 Å². The molecule has 0 unspecified atom stereocenters. The minimum atomic E-state index is -0.0746. The number of hydrogen-bond acceptors (Lipinski definition) is 2. The molecule has 0 bridgehead atoms. The zero-order valence-electron chi connectivity index (χ0n) is 10.4. The van der Waals surface area contributed by atoms with Crippen LogP contribution >= 0.6 is 0 Å². The van der Waals surface area contributed by atoms with Crippen molar-refractivity contribution >= 4 is 5.91 Å². The number of carbonyl (C=O) groups is 1. The van der Waals surface area contributed by atoms with Gasteiger partial charge in [-0.15, -0.1) is 0 Å². The second-order valence-electron chi connectivity index (χ2n) is 4.17. The maximum Gasteiger partial charge on any atom is 0.251 e. The van der Waals surface area contributed by atoms with Crippen molar-refractivity contribution in [2.24, 2.45) is 0 Å². The molecule has 2 rings (SSSR count). The average Bonchev–Trinajstić information content (AvgIpc) is 2.90. The lowest BCUT2D eigenvalue weighted by Crippen LogP contribution is -2.23. The number of aryl methyl sites for hydroxylation is 1. The molecule has 94 valence electrons. The summed E-state index contributed by atoms with van der Waals surface area (Å²) in [5.74, 6) is 0.681. The zero-order chi connectivity index (χ0) is 12.8. The molecule has 4 heteroatoms. The van der Waals surface area contributed by atoms with Gasteiger partial charge in [0, 0.05) is 18.0 Å². The van der Waals surface area contributed by atoms with Gasteiger partial charge in [-0.25, -0.2) is 4.98 Å². The highest BCUT2D eigenvalue weighted by Crippen LogP contribution is 2.06. The van der Waals surface area contributed by atoms with Gasteiger partial charge >= 0.3 is 0 Å². The third-order valence-corrected chi connectivity index (χ3v) is 2.73.